The van der Waals surface area contributed by atoms with E-state index in [0.29, 0.717) is 26.4 Å². The molecule has 0 bridgehead atoms. The fourth-order valence-corrected chi connectivity index (χ4v) is 5.42. The predicted octanol–water partition coefficient (Wildman–Crippen LogP) is 8.24. The van der Waals surface area contributed by atoms with Gasteiger partial charge in [0.15, 0.2) is 23.0 Å². The summed E-state index contributed by atoms with van der Waals surface area (Å²) in [5, 5.41) is 0. The van der Waals surface area contributed by atoms with E-state index in [1.807, 2.05) is 48.5 Å². The number of rotatable bonds is 14. The molecule has 0 aliphatic carbocycles. The topological polar surface area (TPSA) is 43.4 Å². The maximum absolute atomic E-state index is 6.28. The Bertz CT molecular complexity index is 807. The van der Waals surface area contributed by atoms with Gasteiger partial charge < -0.3 is 18.9 Å². The zero-order valence-corrected chi connectivity index (χ0v) is 26.7. The Balaban J connectivity index is 1.61. The van der Waals surface area contributed by atoms with Gasteiger partial charge in [0.25, 0.3) is 0 Å². The van der Waals surface area contributed by atoms with Crippen LogP contribution in [0.15, 0.2) is 48.5 Å². The standard InChI is InChI=1S/C36H58N2O4/c1-3-5-7-9-11-17-23-37-25-29-39-33-19-13-15-21-35(33)41-31-27-38(24-18-12-10-8-6-4-2)28-32-42-36-22-16-14-20-34(36)40-30-26-37/h13-16,19-22H,3-12,17-18,23-32H2,1-2H3. The summed E-state index contributed by atoms with van der Waals surface area (Å²) in [5.41, 5.74) is 0. The summed E-state index contributed by atoms with van der Waals surface area (Å²) in [6.45, 7) is 12.6. The molecule has 0 unspecified atom stereocenters. The van der Waals surface area contributed by atoms with Gasteiger partial charge in [-0.05, 0) is 50.2 Å². The van der Waals surface area contributed by atoms with Crippen molar-refractivity contribution in [3.05, 3.63) is 48.5 Å². The first kappa shape index (κ1) is 34.1. The molecule has 6 nitrogen and oxygen atoms in total. The highest BCUT2D eigenvalue weighted by molar-refractivity contribution is 5.40. The summed E-state index contributed by atoms with van der Waals surface area (Å²) in [7, 11) is 0. The van der Waals surface area contributed by atoms with E-state index in [-0.39, 0.29) is 0 Å². The summed E-state index contributed by atoms with van der Waals surface area (Å²) in [6.07, 6.45) is 15.5. The third-order valence-electron chi connectivity index (χ3n) is 8.01. The fraction of sp³-hybridized carbons (Fsp3) is 0.667. The number of benzene rings is 2. The van der Waals surface area contributed by atoms with Crippen molar-refractivity contribution in [3.63, 3.8) is 0 Å². The highest BCUT2D eigenvalue weighted by Gasteiger charge is 2.13. The number of hydrogen-bond donors (Lipinski definition) is 0. The minimum absolute atomic E-state index is 0.625. The van der Waals surface area contributed by atoms with Gasteiger partial charge in [0.05, 0.1) is 0 Å². The minimum Gasteiger partial charge on any atom is -0.488 e. The van der Waals surface area contributed by atoms with Crippen molar-refractivity contribution >= 4 is 0 Å². The molecule has 1 aliphatic rings. The zero-order chi connectivity index (χ0) is 29.5. The third-order valence-corrected chi connectivity index (χ3v) is 8.01. The van der Waals surface area contributed by atoms with Gasteiger partial charge >= 0.3 is 0 Å². The number of unbranched alkanes of at least 4 members (excludes halogenated alkanes) is 10. The Morgan fingerprint density at radius 2 is 0.714 bits per heavy atom. The molecule has 0 radical (unpaired) electrons. The van der Waals surface area contributed by atoms with Gasteiger partial charge in [0.1, 0.15) is 26.4 Å². The number of hydrogen-bond acceptors (Lipinski definition) is 6. The number of ether oxygens (including phenoxy) is 4. The van der Waals surface area contributed by atoms with Gasteiger partial charge in [-0.15, -0.1) is 0 Å². The smallest absolute Gasteiger partial charge is 0.161 e. The van der Waals surface area contributed by atoms with E-state index in [2.05, 4.69) is 23.6 Å². The van der Waals surface area contributed by atoms with Crippen LogP contribution >= 0.6 is 0 Å². The number of para-hydroxylation sites is 4. The first-order valence-corrected chi connectivity index (χ1v) is 16.9. The molecule has 236 valence electrons. The Morgan fingerprint density at radius 1 is 0.429 bits per heavy atom. The van der Waals surface area contributed by atoms with Crippen molar-refractivity contribution in [2.45, 2.75) is 90.9 Å². The molecule has 0 saturated carbocycles. The number of fused-ring (bicyclic) bond motifs is 2. The Labute approximate surface area is 256 Å². The average molecular weight is 583 g/mol. The molecule has 0 fully saturated rings. The van der Waals surface area contributed by atoms with Crippen LogP contribution in [0.1, 0.15) is 90.9 Å². The monoisotopic (exact) mass is 582 g/mol. The van der Waals surface area contributed by atoms with Crippen LogP contribution < -0.4 is 18.9 Å². The van der Waals surface area contributed by atoms with Crippen LogP contribution in [-0.4, -0.2) is 75.5 Å². The predicted molar refractivity (Wildman–Crippen MR) is 174 cm³/mol. The van der Waals surface area contributed by atoms with Crippen molar-refractivity contribution in [1.82, 2.24) is 9.80 Å². The summed E-state index contributed by atoms with van der Waals surface area (Å²) in [6, 6.07) is 16.2. The zero-order valence-electron chi connectivity index (χ0n) is 26.7. The largest absolute Gasteiger partial charge is 0.488 e. The van der Waals surface area contributed by atoms with Crippen molar-refractivity contribution in [1.29, 1.82) is 0 Å². The maximum Gasteiger partial charge on any atom is 0.161 e. The SMILES string of the molecule is CCCCCCCCN1CCOc2ccccc2OCCN(CCCCCCCC)CCOc2ccccc2OCC1. The molecule has 3 rings (SSSR count). The minimum atomic E-state index is 0.625. The second-order valence-corrected chi connectivity index (χ2v) is 11.5. The Morgan fingerprint density at radius 3 is 1.02 bits per heavy atom. The first-order valence-electron chi connectivity index (χ1n) is 16.9. The summed E-state index contributed by atoms with van der Waals surface area (Å²) < 4.78 is 25.1. The molecule has 6 heteroatoms. The molecule has 0 aromatic heterocycles. The van der Waals surface area contributed by atoms with Gasteiger partial charge in [-0.3, -0.25) is 9.80 Å². The summed E-state index contributed by atoms with van der Waals surface area (Å²) in [4.78, 5) is 4.94. The molecule has 1 heterocycles. The van der Waals surface area contributed by atoms with Crippen molar-refractivity contribution in [2.75, 3.05) is 65.7 Å². The highest BCUT2D eigenvalue weighted by Crippen LogP contribution is 2.28. The van der Waals surface area contributed by atoms with Crippen LogP contribution in [0.3, 0.4) is 0 Å². The van der Waals surface area contributed by atoms with Crippen LogP contribution in [0.4, 0.5) is 0 Å². The molecule has 1 aliphatic heterocycles. The second kappa shape index (κ2) is 22.1. The molecule has 2 aromatic carbocycles. The van der Waals surface area contributed by atoms with Gasteiger partial charge in [0, 0.05) is 26.2 Å². The molecule has 0 N–H and O–H groups in total. The van der Waals surface area contributed by atoms with Crippen molar-refractivity contribution in [2.24, 2.45) is 0 Å². The van der Waals surface area contributed by atoms with E-state index in [1.165, 1.54) is 77.0 Å². The second-order valence-electron chi connectivity index (χ2n) is 11.5. The van der Waals surface area contributed by atoms with Crippen LogP contribution in [0.2, 0.25) is 0 Å². The van der Waals surface area contributed by atoms with Gasteiger partial charge in [-0.2, -0.15) is 0 Å². The lowest BCUT2D eigenvalue weighted by Gasteiger charge is -2.25. The fourth-order valence-electron chi connectivity index (χ4n) is 5.42. The Kier molecular flexibility index (Phi) is 18.0. The van der Waals surface area contributed by atoms with Gasteiger partial charge in [-0.25, -0.2) is 0 Å². The van der Waals surface area contributed by atoms with E-state index in [1.54, 1.807) is 0 Å². The first-order chi connectivity index (χ1) is 20.8. The summed E-state index contributed by atoms with van der Waals surface area (Å²) >= 11 is 0. The van der Waals surface area contributed by atoms with Gasteiger partial charge in [-0.1, -0.05) is 102 Å². The van der Waals surface area contributed by atoms with E-state index in [9.17, 15) is 0 Å². The van der Waals surface area contributed by atoms with Crippen molar-refractivity contribution in [3.8, 4) is 23.0 Å². The molecular formula is C36H58N2O4. The van der Waals surface area contributed by atoms with E-state index in [4.69, 9.17) is 18.9 Å². The molecule has 0 atom stereocenters. The van der Waals surface area contributed by atoms with E-state index in [0.717, 1.165) is 62.3 Å². The Hall–Kier alpha value is -2.44. The number of nitrogens with zero attached hydrogens (tertiary/aromatic N) is 2. The quantitative estimate of drug-likeness (QED) is 0.209. The lowest BCUT2D eigenvalue weighted by atomic mass is 10.1. The van der Waals surface area contributed by atoms with Crippen molar-refractivity contribution < 1.29 is 18.9 Å². The lowest BCUT2D eigenvalue weighted by molar-refractivity contribution is 0.152. The van der Waals surface area contributed by atoms with Gasteiger partial charge in [0.2, 0.25) is 0 Å². The van der Waals surface area contributed by atoms with Crippen LogP contribution in [-0.2, 0) is 0 Å². The third kappa shape index (κ3) is 14.2. The summed E-state index contributed by atoms with van der Waals surface area (Å²) in [5.74, 6) is 3.31. The molecular weight excluding hydrogens is 524 g/mol. The molecule has 2 aromatic rings. The molecule has 0 amide bonds. The van der Waals surface area contributed by atoms with E-state index >= 15 is 0 Å². The molecule has 42 heavy (non-hydrogen) atoms. The average Bonchev–Trinajstić information content (AvgIpc) is 3.01. The van der Waals surface area contributed by atoms with Crippen LogP contribution in [0, 0.1) is 0 Å². The molecule has 0 saturated heterocycles. The van der Waals surface area contributed by atoms with E-state index < -0.39 is 0 Å². The van der Waals surface area contributed by atoms with Crippen LogP contribution in [0.25, 0.3) is 0 Å². The van der Waals surface area contributed by atoms with Crippen LogP contribution in [0.5, 0.6) is 23.0 Å². The molecule has 0 spiro atoms. The maximum atomic E-state index is 6.28. The normalized spacial score (nSPS) is 16.0. The highest BCUT2D eigenvalue weighted by atomic mass is 16.5. The lowest BCUT2D eigenvalue weighted by Crippen LogP contribution is -2.34.